The third-order valence-corrected chi connectivity index (χ3v) is 7.06. The van der Waals surface area contributed by atoms with Crippen molar-refractivity contribution in [3.8, 4) is 5.75 Å². The summed E-state index contributed by atoms with van der Waals surface area (Å²) in [4.78, 5) is 12.5. The minimum Gasteiger partial charge on any atom is -0.491 e. The van der Waals surface area contributed by atoms with E-state index >= 15 is 0 Å². The van der Waals surface area contributed by atoms with E-state index in [1.165, 1.54) is 18.2 Å². The first-order valence-electron chi connectivity index (χ1n) is 10.9. The Kier molecular flexibility index (Phi) is 7.89. The van der Waals surface area contributed by atoms with Gasteiger partial charge in [0, 0.05) is 5.56 Å². The predicted molar refractivity (Wildman–Crippen MR) is 136 cm³/mol. The second-order valence-corrected chi connectivity index (χ2v) is 11.0. The minimum absolute atomic E-state index is 0.0276. The molecule has 34 heavy (non-hydrogen) atoms. The molecule has 3 aromatic rings. The quantitative estimate of drug-likeness (QED) is 0.397. The first-order chi connectivity index (χ1) is 16.0. The molecule has 0 unspecified atom stereocenters. The van der Waals surface area contributed by atoms with Crippen LogP contribution in [0.25, 0.3) is 0 Å². The Bertz CT molecular complexity index is 1280. The highest BCUT2D eigenvalue weighted by atomic mass is 35.5. The number of carbonyl (C=O) groups is 1. The van der Waals surface area contributed by atoms with Crippen molar-refractivity contribution < 1.29 is 17.9 Å². The molecule has 3 rings (SSSR count). The van der Waals surface area contributed by atoms with E-state index < -0.39 is 15.9 Å². The molecule has 0 atom stereocenters. The van der Waals surface area contributed by atoms with Crippen LogP contribution >= 0.6 is 11.6 Å². The van der Waals surface area contributed by atoms with Crippen molar-refractivity contribution >= 4 is 33.2 Å². The first-order valence-corrected chi connectivity index (χ1v) is 12.7. The Morgan fingerprint density at radius 2 is 1.68 bits per heavy atom. The Morgan fingerprint density at radius 3 is 2.38 bits per heavy atom. The van der Waals surface area contributed by atoms with Crippen molar-refractivity contribution in [3.63, 3.8) is 0 Å². The van der Waals surface area contributed by atoms with Gasteiger partial charge in [0.1, 0.15) is 17.3 Å². The lowest BCUT2D eigenvalue weighted by molar-refractivity contribution is 0.0946. The lowest BCUT2D eigenvalue weighted by Crippen LogP contribution is -2.28. The topological polar surface area (TPSA) is 84.5 Å². The van der Waals surface area contributed by atoms with Crippen LogP contribution in [0.2, 0.25) is 5.02 Å². The number of hydrogen-bond acceptors (Lipinski definition) is 4. The van der Waals surface area contributed by atoms with Crippen LogP contribution in [0.1, 0.15) is 42.3 Å². The summed E-state index contributed by atoms with van der Waals surface area (Å²) in [5, 5.41) is 2.79. The summed E-state index contributed by atoms with van der Waals surface area (Å²) < 4.78 is 34.3. The van der Waals surface area contributed by atoms with Crippen molar-refractivity contribution in [2.24, 2.45) is 0 Å². The van der Waals surface area contributed by atoms with Crippen LogP contribution in [0.4, 0.5) is 5.69 Å². The standard InChI is InChI=1S/C26H29ClN2O4S/c1-18-9-5-7-11-22(18)29-34(31,32)24-17-19(13-14-21(24)27)25(30)28-15-16-33-23-12-8-6-10-20(23)26(2,3)4/h5-14,17,29H,15-16H2,1-4H3,(H,28,30). The van der Waals surface area contributed by atoms with E-state index in [0.29, 0.717) is 5.69 Å². The lowest BCUT2D eigenvalue weighted by Gasteiger charge is -2.22. The lowest BCUT2D eigenvalue weighted by atomic mass is 9.86. The van der Waals surface area contributed by atoms with Gasteiger partial charge in [-0.25, -0.2) is 8.42 Å². The molecule has 0 saturated carbocycles. The van der Waals surface area contributed by atoms with Gasteiger partial charge in [-0.05, 0) is 53.8 Å². The molecule has 0 aliphatic carbocycles. The smallest absolute Gasteiger partial charge is 0.263 e. The van der Waals surface area contributed by atoms with Gasteiger partial charge in [0.05, 0.1) is 17.3 Å². The number of nitrogens with one attached hydrogen (secondary N) is 2. The molecule has 180 valence electrons. The van der Waals surface area contributed by atoms with Crippen LogP contribution in [-0.4, -0.2) is 27.5 Å². The van der Waals surface area contributed by atoms with Crippen molar-refractivity contribution in [1.82, 2.24) is 5.32 Å². The van der Waals surface area contributed by atoms with Crippen LogP contribution < -0.4 is 14.8 Å². The monoisotopic (exact) mass is 500 g/mol. The van der Waals surface area contributed by atoms with E-state index in [-0.39, 0.29) is 34.0 Å². The van der Waals surface area contributed by atoms with Crippen LogP contribution in [0.3, 0.4) is 0 Å². The van der Waals surface area contributed by atoms with E-state index in [0.717, 1.165) is 16.9 Å². The van der Waals surface area contributed by atoms with Gasteiger partial charge in [-0.15, -0.1) is 0 Å². The Morgan fingerprint density at radius 1 is 1.00 bits per heavy atom. The number of benzene rings is 3. The predicted octanol–water partition coefficient (Wildman–Crippen LogP) is 5.56. The second kappa shape index (κ2) is 10.5. The first kappa shape index (κ1) is 25.6. The zero-order valence-electron chi connectivity index (χ0n) is 19.7. The zero-order valence-corrected chi connectivity index (χ0v) is 21.3. The van der Waals surface area contributed by atoms with E-state index in [1.807, 2.05) is 30.3 Å². The Labute approximate surface area is 206 Å². The number of para-hydroxylation sites is 2. The second-order valence-electron chi connectivity index (χ2n) is 8.92. The van der Waals surface area contributed by atoms with Gasteiger partial charge >= 0.3 is 0 Å². The zero-order chi connectivity index (χ0) is 24.9. The van der Waals surface area contributed by atoms with Gasteiger partial charge in [0.15, 0.2) is 0 Å². The van der Waals surface area contributed by atoms with Gasteiger partial charge < -0.3 is 10.1 Å². The highest BCUT2D eigenvalue weighted by Gasteiger charge is 2.21. The van der Waals surface area contributed by atoms with Crippen molar-refractivity contribution in [1.29, 1.82) is 0 Å². The number of anilines is 1. The molecule has 0 radical (unpaired) electrons. The van der Waals surface area contributed by atoms with Crippen molar-refractivity contribution in [2.75, 3.05) is 17.9 Å². The number of aryl methyl sites for hydroxylation is 1. The van der Waals surface area contributed by atoms with E-state index in [4.69, 9.17) is 16.3 Å². The molecular weight excluding hydrogens is 472 g/mol. The number of ether oxygens (including phenoxy) is 1. The highest BCUT2D eigenvalue weighted by molar-refractivity contribution is 7.92. The minimum atomic E-state index is -3.99. The summed E-state index contributed by atoms with van der Waals surface area (Å²) >= 11 is 6.17. The van der Waals surface area contributed by atoms with Gasteiger partial charge in [-0.2, -0.15) is 0 Å². The number of amides is 1. The molecule has 0 heterocycles. The van der Waals surface area contributed by atoms with Gasteiger partial charge in [0.2, 0.25) is 0 Å². The summed E-state index contributed by atoms with van der Waals surface area (Å²) in [6.07, 6.45) is 0. The largest absolute Gasteiger partial charge is 0.491 e. The fourth-order valence-electron chi connectivity index (χ4n) is 3.38. The average Bonchev–Trinajstić information content (AvgIpc) is 2.78. The number of carbonyl (C=O) groups excluding carboxylic acids is 1. The summed E-state index contributed by atoms with van der Waals surface area (Å²) in [7, 11) is -3.99. The van der Waals surface area contributed by atoms with Gasteiger partial charge in [0.25, 0.3) is 15.9 Å². The number of sulfonamides is 1. The van der Waals surface area contributed by atoms with Crippen molar-refractivity contribution in [3.05, 3.63) is 88.4 Å². The number of rotatable bonds is 8. The maximum absolute atomic E-state index is 12.9. The average molecular weight is 501 g/mol. The van der Waals surface area contributed by atoms with Crippen LogP contribution in [0, 0.1) is 6.92 Å². The molecule has 0 fully saturated rings. The SMILES string of the molecule is Cc1ccccc1NS(=O)(=O)c1cc(C(=O)NCCOc2ccccc2C(C)(C)C)ccc1Cl. The fourth-order valence-corrected chi connectivity index (χ4v) is 5.04. The molecule has 0 aliphatic rings. The molecule has 0 bridgehead atoms. The Balaban J connectivity index is 1.67. The fraction of sp³-hybridized carbons (Fsp3) is 0.269. The molecule has 0 spiro atoms. The molecule has 6 nitrogen and oxygen atoms in total. The molecule has 3 aromatic carbocycles. The normalized spacial score (nSPS) is 11.7. The molecule has 0 aromatic heterocycles. The van der Waals surface area contributed by atoms with Crippen molar-refractivity contribution in [2.45, 2.75) is 38.0 Å². The maximum atomic E-state index is 12.9. The van der Waals surface area contributed by atoms with Gasteiger partial charge in [-0.1, -0.05) is 68.8 Å². The number of halogens is 1. The van der Waals surface area contributed by atoms with E-state index in [2.05, 4.69) is 30.8 Å². The van der Waals surface area contributed by atoms with Gasteiger partial charge in [-0.3, -0.25) is 9.52 Å². The highest BCUT2D eigenvalue weighted by Crippen LogP contribution is 2.31. The third kappa shape index (κ3) is 6.30. The molecule has 0 saturated heterocycles. The van der Waals surface area contributed by atoms with Crippen LogP contribution in [0.5, 0.6) is 5.75 Å². The molecule has 1 amide bonds. The number of hydrogen-bond donors (Lipinski definition) is 2. The van der Waals surface area contributed by atoms with E-state index in [9.17, 15) is 13.2 Å². The van der Waals surface area contributed by atoms with E-state index in [1.54, 1.807) is 25.1 Å². The molecule has 8 heteroatoms. The molecular formula is C26H29ClN2O4S. The summed E-state index contributed by atoms with van der Waals surface area (Å²) in [6.45, 7) is 8.65. The summed E-state index contributed by atoms with van der Waals surface area (Å²) in [5.41, 5.74) is 2.40. The molecule has 2 N–H and O–H groups in total. The Hall–Kier alpha value is -3.03. The summed E-state index contributed by atoms with van der Waals surface area (Å²) in [6, 6.07) is 19.0. The van der Waals surface area contributed by atoms with Crippen LogP contribution in [0.15, 0.2) is 71.6 Å². The third-order valence-electron chi connectivity index (χ3n) is 5.21. The van der Waals surface area contributed by atoms with Crippen LogP contribution in [-0.2, 0) is 15.4 Å². The molecule has 0 aliphatic heterocycles. The maximum Gasteiger partial charge on any atom is 0.263 e. The summed E-state index contributed by atoms with van der Waals surface area (Å²) in [5.74, 6) is 0.350.